The molecular weight excluding hydrogens is 246 g/mol. The number of nitrogens with one attached hydrogen (secondary N) is 1. The van der Waals surface area contributed by atoms with Crippen LogP contribution in [0.2, 0.25) is 0 Å². The van der Waals surface area contributed by atoms with Gasteiger partial charge in [-0.1, -0.05) is 56.0 Å². The Hall–Kier alpha value is -1.38. The Morgan fingerprint density at radius 1 is 1.35 bits per heavy atom. The molecule has 0 saturated carbocycles. The fourth-order valence-corrected chi connectivity index (χ4v) is 3.27. The van der Waals surface area contributed by atoms with Crippen molar-refractivity contribution in [2.45, 2.75) is 31.8 Å². The minimum atomic E-state index is -0.869. The second kappa shape index (κ2) is 6.87. The predicted octanol–water partition coefficient (Wildman–Crippen LogP) is 3.40. The van der Waals surface area contributed by atoms with Crippen LogP contribution in [-0.4, -0.2) is 18.2 Å². The maximum Gasteiger partial charge on any atom is 0.114 e. The second-order valence-electron chi connectivity index (χ2n) is 5.44. The molecule has 0 radical (unpaired) electrons. The number of hydrogen-bond acceptors (Lipinski definition) is 2. The molecule has 0 spiro atoms. The lowest BCUT2D eigenvalue weighted by atomic mass is 9.71. The lowest BCUT2D eigenvalue weighted by Gasteiger charge is -2.41. The van der Waals surface area contributed by atoms with Gasteiger partial charge in [-0.15, -0.1) is 0 Å². The van der Waals surface area contributed by atoms with Crippen LogP contribution in [0.5, 0.6) is 0 Å². The highest BCUT2D eigenvalue weighted by atomic mass is 16.3. The van der Waals surface area contributed by atoms with Gasteiger partial charge in [-0.25, -0.2) is 0 Å². The molecule has 1 aliphatic heterocycles. The standard InChI is InChI=1S/C18H25NO/c1-3-8-15(4-2)18(20,16-9-6-5-7-10-16)17-11-13-19-14-12-17/h3,5-10,17,19-20H,1,4,11-14H2,2H3/b15-8+. The van der Waals surface area contributed by atoms with Crippen LogP contribution in [0.1, 0.15) is 31.7 Å². The third-order valence-corrected chi connectivity index (χ3v) is 4.33. The van der Waals surface area contributed by atoms with Crippen molar-refractivity contribution < 1.29 is 5.11 Å². The quantitative estimate of drug-likeness (QED) is 0.805. The summed E-state index contributed by atoms with van der Waals surface area (Å²) in [6, 6.07) is 10.1. The second-order valence-corrected chi connectivity index (χ2v) is 5.44. The number of rotatable bonds is 5. The number of hydrogen-bond donors (Lipinski definition) is 2. The zero-order valence-corrected chi connectivity index (χ0v) is 12.3. The summed E-state index contributed by atoms with van der Waals surface area (Å²) < 4.78 is 0. The van der Waals surface area contributed by atoms with Crippen molar-refractivity contribution in [3.05, 3.63) is 60.2 Å². The van der Waals surface area contributed by atoms with Gasteiger partial charge < -0.3 is 10.4 Å². The van der Waals surface area contributed by atoms with Crippen LogP contribution < -0.4 is 5.32 Å². The summed E-state index contributed by atoms with van der Waals surface area (Å²) in [6.07, 6.45) is 6.60. The monoisotopic (exact) mass is 271 g/mol. The summed E-state index contributed by atoms with van der Waals surface area (Å²) in [5.74, 6) is 0.261. The summed E-state index contributed by atoms with van der Waals surface area (Å²) in [5, 5.41) is 14.9. The van der Waals surface area contributed by atoms with E-state index in [9.17, 15) is 5.11 Å². The van der Waals surface area contributed by atoms with Crippen LogP contribution in [-0.2, 0) is 5.60 Å². The SMILES string of the molecule is C=C/C=C(\CC)C(O)(c1ccccc1)C1CCNCC1. The van der Waals surface area contributed by atoms with Crippen molar-refractivity contribution in [3.8, 4) is 0 Å². The van der Waals surface area contributed by atoms with E-state index >= 15 is 0 Å². The van der Waals surface area contributed by atoms with Crippen molar-refractivity contribution in [1.29, 1.82) is 0 Å². The molecule has 1 atom stereocenters. The van der Waals surface area contributed by atoms with E-state index in [2.05, 4.69) is 18.8 Å². The lowest BCUT2D eigenvalue weighted by Crippen LogP contribution is -2.43. The first-order valence-electron chi connectivity index (χ1n) is 7.54. The molecule has 2 heteroatoms. The van der Waals surface area contributed by atoms with E-state index in [0.717, 1.165) is 43.5 Å². The molecule has 0 aliphatic carbocycles. The topological polar surface area (TPSA) is 32.3 Å². The van der Waals surface area contributed by atoms with Gasteiger partial charge >= 0.3 is 0 Å². The summed E-state index contributed by atoms with van der Waals surface area (Å²) in [6.45, 7) is 7.86. The van der Waals surface area contributed by atoms with Gasteiger partial charge in [0, 0.05) is 0 Å². The Labute approximate surface area is 122 Å². The molecule has 0 bridgehead atoms. The fourth-order valence-electron chi connectivity index (χ4n) is 3.27. The van der Waals surface area contributed by atoms with Gasteiger partial charge in [0.15, 0.2) is 0 Å². The molecule has 1 unspecified atom stereocenters. The van der Waals surface area contributed by atoms with Crippen molar-refractivity contribution in [2.24, 2.45) is 5.92 Å². The molecule has 1 fully saturated rings. The zero-order chi connectivity index (χ0) is 14.4. The Bertz CT molecular complexity index is 460. The van der Waals surface area contributed by atoms with Crippen LogP contribution in [0.3, 0.4) is 0 Å². The normalized spacial score (nSPS) is 20.4. The highest BCUT2D eigenvalue weighted by Gasteiger charge is 2.41. The number of aliphatic hydroxyl groups is 1. The molecule has 108 valence electrons. The molecular formula is C18H25NO. The Morgan fingerprint density at radius 3 is 2.55 bits per heavy atom. The van der Waals surface area contributed by atoms with Crippen molar-refractivity contribution in [2.75, 3.05) is 13.1 Å². The Morgan fingerprint density at radius 2 is 2.00 bits per heavy atom. The molecule has 1 aliphatic rings. The van der Waals surface area contributed by atoms with Crippen LogP contribution in [0.25, 0.3) is 0 Å². The molecule has 1 aromatic carbocycles. The molecule has 2 N–H and O–H groups in total. The highest BCUT2D eigenvalue weighted by molar-refractivity contribution is 5.35. The first kappa shape index (κ1) is 15.0. The number of benzene rings is 1. The molecule has 2 rings (SSSR count). The Kier molecular flexibility index (Phi) is 5.16. The summed E-state index contributed by atoms with van der Waals surface area (Å²) in [5.41, 5.74) is 1.19. The van der Waals surface area contributed by atoms with Crippen molar-refractivity contribution in [1.82, 2.24) is 5.32 Å². The maximum absolute atomic E-state index is 11.6. The van der Waals surface area contributed by atoms with Crippen LogP contribution in [0, 0.1) is 5.92 Å². The largest absolute Gasteiger partial charge is 0.380 e. The molecule has 2 nitrogen and oxygen atoms in total. The van der Waals surface area contributed by atoms with Gasteiger partial charge in [-0.05, 0) is 49.4 Å². The van der Waals surface area contributed by atoms with E-state index in [1.165, 1.54) is 0 Å². The molecule has 1 saturated heterocycles. The number of allylic oxidation sites excluding steroid dienone is 2. The molecule has 0 aromatic heterocycles. The van der Waals surface area contributed by atoms with Gasteiger partial charge in [-0.2, -0.15) is 0 Å². The molecule has 1 heterocycles. The predicted molar refractivity (Wildman–Crippen MR) is 84.5 cm³/mol. The van der Waals surface area contributed by atoms with E-state index in [4.69, 9.17) is 0 Å². The van der Waals surface area contributed by atoms with E-state index in [1.807, 2.05) is 36.4 Å². The average Bonchev–Trinajstić information content (AvgIpc) is 2.53. The van der Waals surface area contributed by atoms with Crippen molar-refractivity contribution >= 4 is 0 Å². The molecule has 20 heavy (non-hydrogen) atoms. The smallest absolute Gasteiger partial charge is 0.114 e. The molecule has 0 amide bonds. The maximum atomic E-state index is 11.6. The Balaban J connectivity index is 2.46. The zero-order valence-electron chi connectivity index (χ0n) is 12.3. The summed E-state index contributed by atoms with van der Waals surface area (Å²) in [7, 11) is 0. The third-order valence-electron chi connectivity index (χ3n) is 4.33. The summed E-state index contributed by atoms with van der Waals surface area (Å²) in [4.78, 5) is 0. The van der Waals surface area contributed by atoms with Crippen LogP contribution >= 0.6 is 0 Å². The van der Waals surface area contributed by atoms with Crippen LogP contribution in [0.4, 0.5) is 0 Å². The minimum absolute atomic E-state index is 0.261. The third kappa shape index (κ3) is 2.87. The van der Waals surface area contributed by atoms with Crippen molar-refractivity contribution in [3.63, 3.8) is 0 Å². The van der Waals surface area contributed by atoms with E-state index in [1.54, 1.807) is 6.08 Å². The van der Waals surface area contributed by atoms with Gasteiger partial charge in [-0.3, -0.25) is 0 Å². The van der Waals surface area contributed by atoms with Gasteiger partial charge in [0.05, 0.1) is 0 Å². The summed E-state index contributed by atoms with van der Waals surface area (Å²) >= 11 is 0. The van der Waals surface area contributed by atoms with E-state index < -0.39 is 5.60 Å². The van der Waals surface area contributed by atoms with Gasteiger partial charge in [0.25, 0.3) is 0 Å². The number of piperidine rings is 1. The van der Waals surface area contributed by atoms with Gasteiger partial charge in [0.2, 0.25) is 0 Å². The molecule has 1 aromatic rings. The van der Waals surface area contributed by atoms with Gasteiger partial charge in [0.1, 0.15) is 5.60 Å². The minimum Gasteiger partial charge on any atom is -0.380 e. The fraction of sp³-hybridized carbons (Fsp3) is 0.444. The highest BCUT2D eigenvalue weighted by Crippen LogP contribution is 2.42. The first-order chi connectivity index (χ1) is 9.73. The van der Waals surface area contributed by atoms with E-state index in [-0.39, 0.29) is 5.92 Å². The lowest BCUT2D eigenvalue weighted by molar-refractivity contribution is -0.00387. The average molecular weight is 271 g/mol. The van der Waals surface area contributed by atoms with Crippen LogP contribution in [0.15, 0.2) is 54.6 Å². The van der Waals surface area contributed by atoms with E-state index in [0.29, 0.717) is 0 Å². The first-order valence-corrected chi connectivity index (χ1v) is 7.54.